The third kappa shape index (κ3) is 5.68. The van der Waals surface area contributed by atoms with Crippen molar-refractivity contribution in [3.05, 3.63) is 94.8 Å². The van der Waals surface area contributed by atoms with Crippen LogP contribution < -0.4 is 10.1 Å². The SMILES string of the molecule is COc1ccc(C2=NN(C3=NC(=O)[C@@H](CC(=O)Nc4cccc(Cl)c4)S3)[C@@H](c3ccc(F)cc3)C2)cc1. The largest absolute Gasteiger partial charge is 0.497 e. The summed E-state index contributed by atoms with van der Waals surface area (Å²) in [5.41, 5.74) is 3.10. The Hall–Kier alpha value is -3.69. The van der Waals surface area contributed by atoms with Crippen LogP contribution in [-0.4, -0.2) is 40.1 Å². The van der Waals surface area contributed by atoms with E-state index in [1.807, 2.05) is 24.3 Å². The molecule has 5 rings (SSSR count). The van der Waals surface area contributed by atoms with Gasteiger partial charge in [-0.3, -0.25) is 9.59 Å². The predicted octanol–water partition coefficient (Wildman–Crippen LogP) is 5.67. The van der Waals surface area contributed by atoms with Gasteiger partial charge in [-0.1, -0.05) is 41.6 Å². The van der Waals surface area contributed by atoms with Gasteiger partial charge in [0.2, 0.25) is 5.91 Å². The van der Waals surface area contributed by atoms with Crippen LogP contribution in [0.4, 0.5) is 10.1 Å². The van der Waals surface area contributed by atoms with Crippen LogP contribution in [0.3, 0.4) is 0 Å². The summed E-state index contributed by atoms with van der Waals surface area (Å²) in [6.07, 6.45) is 0.485. The third-order valence-electron chi connectivity index (χ3n) is 5.99. The highest BCUT2D eigenvalue weighted by atomic mass is 35.5. The Morgan fingerprint density at radius 3 is 2.62 bits per heavy atom. The van der Waals surface area contributed by atoms with Crippen LogP contribution in [0.5, 0.6) is 5.75 Å². The number of carbonyl (C=O) groups is 2. The van der Waals surface area contributed by atoms with Crippen molar-refractivity contribution in [1.82, 2.24) is 5.01 Å². The molecular formula is C27H22ClFN4O3S. The van der Waals surface area contributed by atoms with E-state index < -0.39 is 11.2 Å². The second-order valence-corrected chi connectivity index (χ2v) is 10.1. The standard InChI is InChI=1S/C27H22ClFN4O3S/c1-36-21-11-7-16(8-12-21)22-14-23(17-5-9-19(29)10-6-17)33(32-22)27-31-26(35)24(37-27)15-25(34)30-20-4-2-3-18(28)13-20/h2-13,23-24H,14-15H2,1H3,(H,30,34)/t23-,24-/m1/s1. The van der Waals surface area contributed by atoms with Gasteiger partial charge in [-0.25, -0.2) is 9.40 Å². The lowest BCUT2D eigenvalue weighted by molar-refractivity contribution is -0.121. The molecule has 2 heterocycles. The average Bonchev–Trinajstić information content (AvgIpc) is 3.48. The molecule has 1 N–H and O–H groups in total. The molecule has 188 valence electrons. The average molecular weight is 537 g/mol. The number of carbonyl (C=O) groups excluding carboxylic acids is 2. The number of nitrogens with one attached hydrogen (secondary N) is 1. The number of thioether (sulfide) groups is 1. The molecule has 7 nitrogen and oxygen atoms in total. The number of nitrogens with zero attached hydrogens (tertiary/aromatic N) is 3. The fraction of sp³-hybridized carbons (Fsp3) is 0.185. The van der Waals surface area contributed by atoms with E-state index in [-0.39, 0.29) is 24.2 Å². The highest BCUT2D eigenvalue weighted by Gasteiger charge is 2.39. The van der Waals surface area contributed by atoms with Crippen LogP contribution >= 0.6 is 23.4 Å². The molecule has 2 atom stereocenters. The molecule has 0 spiro atoms. The number of amidine groups is 1. The first-order valence-electron chi connectivity index (χ1n) is 11.5. The molecule has 0 aliphatic carbocycles. The monoisotopic (exact) mass is 536 g/mol. The maximum atomic E-state index is 13.6. The summed E-state index contributed by atoms with van der Waals surface area (Å²) in [7, 11) is 1.60. The molecule has 37 heavy (non-hydrogen) atoms. The van der Waals surface area contributed by atoms with Crippen molar-refractivity contribution in [2.75, 3.05) is 12.4 Å². The van der Waals surface area contributed by atoms with Crippen LogP contribution in [0, 0.1) is 5.82 Å². The highest BCUT2D eigenvalue weighted by Crippen LogP contribution is 2.38. The molecule has 2 aliphatic rings. The van der Waals surface area contributed by atoms with E-state index in [1.165, 1.54) is 23.9 Å². The van der Waals surface area contributed by atoms with Crippen molar-refractivity contribution < 1.29 is 18.7 Å². The highest BCUT2D eigenvalue weighted by molar-refractivity contribution is 8.15. The Kier molecular flexibility index (Phi) is 7.25. The van der Waals surface area contributed by atoms with Gasteiger partial charge in [0, 0.05) is 23.6 Å². The molecule has 10 heteroatoms. The van der Waals surface area contributed by atoms with Crippen molar-refractivity contribution in [2.24, 2.45) is 10.1 Å². The van der Waals surface area contributed by atoms with Gasteiger partial charge in [0.1, 0.15) is 16.8 Å². The van der Waals surface area contributed by atoms with Gasteiger partial charge >= 0.3 is 0 Å². The van der Waals surface area contributed by atoms with Crippen LogP contribution in [-0.2, 0) is 9.59 Å². The number of halogens is 2. The van der Waals surface area contributed by atoms with E-state index in [4.69, 9.17) is 21.4 Å². The summed E-state index contributed by atoms with van der Waals surface area (Å²) in [4.78, 5) is 29.6. The lowest BCUT2D eigenvalue weighted by Gasteiger charge is -2.23. The Balaban J connectivity index is 1.35. The van der Waals surface area contributed by atoms with Crippen LogP contribution in [0.1, 0.15) is 30.0 Å². The molecule has 2 amide bonds. The van der Waals surface area contributed by atoms with Gasteiger partial charge in [-0.2, -0.15) is 10.1 Å². The maximum absolute atomic E-state index is 13.6. The second kappa shape index (κ2) is 10.7. The Morgan fingerprint density at radius 2 is 1.92 bits per heavy atom. The number of aliphatic imine (C=N–C) groups is 1. The predicted molar refractivity (Wildman–Crippen MR) is 144 cm³/mol. The van der Waals surface area contributed by atoms with E-state index in [2.05, 4.69) is 10.3 Å². The van der Waals surface area contributed by atoms with E-state index in [1.54, 1.807) is 48.5 Å². The third-order valence-corrected chi connectivity index (χ3v) is 7.37. The molecule has 0 saturated carbocycles. The normalized spacial score (nSPS) is 19.0. The van der Waals surface area contributed by atoms with E-state index in [0.717, 1.165) is 22.6 Å². The molecule has 0 aromatic heterocycles. The number of hydrazone groups is 1. The molecule has 3 aromatic rings. The summed E-state index contributed by atoms with van der Waals surface area (Å²) >= 11 is 7.19. The zero-order chi connectivity index (χ0) is 25.9. The van der Waals surface area contributed by atoms with Gasteiger partial charge < -0.3 is 10.1 Å². The minimum absolute atomic E-state index is 0.0485. The number of ether oxygens (including phenoxy) is 1. The quantitative estimate of drug-likeness (QED) is 0.439. The fourth-order valence-electron chi connectivity index (χ4n) is 4.14. The molecule has 3 aromatic carbocycles. The topological polar surface area (TPSA) is 83.4 Å². The van der Waals surface area contributed by atoms with Crippen molar-refractivity contribution in [2.45, 2.75) is 24.1 Å². The number of benzene rings is 3. The number of anilines is 1. The van der Waals surface area contributed by atoms with Crippen LogP contribution in [0.15, 0.2) is 82.9 Å². The molecule has 0 radical (unpaired) electrons. The van der Waals surface area contributed by atoms with Crippen molar-refractivity contribution in [1.29, 1.82) is 0 Å². The number of rotatable bonds is 6. The van der Waals surface area contributed by atoms with E-state index >= 15 is 0 Å². The number of hydrogen-bond acceptors (Lipinski definition) is 6. The van der Waals surface area contributed by atoms with Crippen molar-refractivity contribution in [3.63, 3.8) is 0 Å². The molecular weight excluding hydrogens is 515 g/mol. The summed E-state index contributed by atoms with van der Waals surface area (Å²) in [5, 5.41) is 9.49. The Morgan fingerprint density at radius 1 is 1.16 bits per heavy atom. The number of methoxy groups -OCH3 is 1. The van der Waals surface area contributed by atoms with Gasteiger partial charge in [-0.15, -0.1) is 0 Å². The smallest absolute Gasteiger partial charge is 0.262 e. The molecule has 2 aliphatic heterocycles. The Bertz CT molecular complexity index is 1400. The minimum Gasteiger partial charge on any atom is -0.497 e. The van der Waals surface area contributed by atoms with Crippen LogP contribution in [0.25, 0.3) is 0 Å². The summed E-state index contributed by atoms with van der Waals surface area (Å²) in [6, 6.07) is 20.3. The number of amides is 2. The van der Waals surface area contributed by atoms with Gasteiger partial charge in [-0.05, 0) is 65.7 Å². The van der Waals surface area contributed by atoms with E-state index in [9.17, 15) is 14.0 Å². The zero-order valence-electron chi connectivity index (χ0n) is 19.7. The summed E-state index contributed by atoms with van der Waals surface area (Å²) in [6.45, 7) is 0. The summed E-state index contributed by atoms with van der Waals surface area (Å²) in [5.74, 6) is -0.316. The van der Waals surface area contributed by atoms with Gasteiger partial charge in [0.15, 0.2) is 5.17 Å². The molecule has 0 bridgehead atoms. The molecule has 0 fully saturated rings. The van der Waals surface area contributed by atoms with E-state index in [0.29, 0.717) is 22.3 Å². The Labute approximate surface area is 222 Å². The molecule has 0 unspecified atom stereocenters. The second-order valence-electron chi connectivity index (χ2n) is 8.49. The van der Waals surface area contributed by atoms with Gasteiger partial charge in [0.05, 0.1) is 18.9 Å². The lowest BCUT2D eigenvalue weighted by atomic mass is 9.98. The first-order valence-corrected chi connectivity index (χ1v) is 12.8. The minimum atomic E-state index is -0.678. The first-order chi connectivity index (χ1) is 17.9. The van der Waals surface area contributed by atoms with Crippen molar-refractivity contribution in [3.8, 4) is 5.75 Å². The summed E-state index contributed by atoms with van der Waals surface area (Å²) < 4.78 is 18.9. The number of hydrogen-bond donors (Lipinski definition) is 1. The fourth-order valence-corrected chi connectivity index (χ4v) is 5.39. The van der Waals surface area contributed by atoms with Gasteiger partial charge in [0.25, 0.3) is 5.91 Å². The van der Waals surface area contributed by atoms with Crippen molar-refractivity contribution >= 4 is 51.7 Å². The zero-order valence-corrected chi connectivity index (χ0v) is 21.3. The van der Waals surface area contributed by atoms with Crippen LogP contribution in [0.2, 0.25) is 5.02 Å². The first kappa shape index (κ1) is 25.0. The molecule has 0 saturated heterocycles. The maximum Gasteiger partial charge on any atom is 0.262 e. The lowest BCUT2D eigenvalue weighted by Crippen LogP contribution is -2.25.